The fourth-order valence-electron chi connectivity index (χ4n) is 2.18. The molecular weight excluding hydrogens is 288 g/mol. The maximum Gasteiger partial charge on any atom is 0.339 e. The Kier molecular flexibility index (Phi) is 3.62. The van der Waals surface area contributed by atoms with Gasteiger partial charge in [-0.1, -0.05) is 0 Å². The second kappa shape index (κ2) is 5.59. The summed E-state index contributed by atoms with van der Waals surface area (Å²) in [5.74, 6) is 0.351. The minimum atomic E-state index is -0.515. The number of ether oxygens (including phenoxy) is 2. The molecule has 0 saturated heterocycles. The van der Waals surface area contributed by atoms with E-state index < -0.39 is 10.9 Å². The van der Waals surface area contributed by atoms with E-state index >= 15 is 0 Å². The van der Waals surface area contributed by atoms with Gasteiger partial charge in [-0.3, -0.25) is 15.1 Å². The van der Waals surface area contributed by atoms with Crippen LogP contribution in [0.3, 0.4) is 0 Å². The third-order valence-corrected chi connectivity index (χ3v) is 3.59. The average molecular weight is 302 g/mol. The van der Waals surface area contributed by atoms with Gasteiger partial charge in [0.1, 0.15) is 11.3 Å². The molecule has 1 aliphatic carbocycles. The Bertz CT molecular complexity index is 755. The van der Waals surface area contributed by atoms with Crippen LogP contribution in [0.1, 0.15) is 23.2 Å². The van der Waals surface area contributed by atoms with Crippen LogP contribution in [0.2, 0.25) is 0 Å². The summed E-state index contributed by atoms with van der Waals surface area (Å²) in [4.78, 5) is 26.8. The summed E-state index contributed by atoms with van der Waals surface area (Å²) in [6.07, 6.45) is 3.50. The Balaban J connectivity index is 2.00. The van der Waals surface area contributed by atoms with Crippen LogP contribution in [-0.4, -0.2) is 29.6 Å². The Labute approximate surface area is 126 Å². The predicted octanol–water partition coefficient (Wildman–Crippen LogP) is 2.72. The number of esters is 1. The van der Waals surface area contributed by atoms with Crippen LogP contribution < -0.4 is 4.74 Å². The number of rotatable bonds is 5. The van der Waals surface area contributed by atoms with Gasteiger partial charge in [-0.15, -0.1) is 0 Å². The Hall–Kier alpha value is -2.70. The summed E-state index contributed by atoms with van der Waals surface area (Å²) in [5, 5.41) is 11.4. The Morgan fingerprint density at radius 1 is 1.45 bits per heavy atom. The number of benzene rings is 1. The summed E-state index contributed by atoms with van der Waals surface area (Å²) in [7, 11) is 1.46. The van der Waals surface area contributed by atoms with E-state index in [9.17, 15) is 14.9 Å². The molecule has 114 valence electrons. The Morgan fingerprint density at radius 3 is 2.86 bits per heavy atom. The van der Waals surface area contributed by atoms with Crippen LogP contribution in [0.4, 0.5) is 5.69 Å². The third kappa shape index (κ3) is 2.69. The first-order valence-electron chi connectivity index (χ1n) is 6.88. The van der Waals surface area contributed by atoms with E-state index in [1.165, 1.54) is 31.5 Å². The molecule has 1 aromatic carbocycles. The van der Waals surface area contributed by atoms with E-state index in [1.807, 2.05) is 0 Å². The van der Waals surface area contributed by atoms with Crippen molar-refractivity contribution in [3.8, 4) is 5.75 Å². The predicted molar refractivity (Wildman–Crippen MR) is 78.0 cm³/mol. The van der Waals surface area contributed by atoms with Gasteiger partial charge in [-0.2, -0.15) is 0 Å². The lowest BCUT2D eigenvalue weighted by Gasteiger charge is -2.07. The minimum absolute atomic E-state index is 0.125. The maximum atomic E-state index is 12.0. The molecular formula is C15H14N2O5. The second-order valence-electron chi connectivity index (χ2n) is 5.21. The molecule has 0 radical (unpaired) electrons. The van der Waals surface area contributed by atoms with Crippen molar-refractivity contribution >= 4 is 22.6 Å². The molecule has 22 heavy (non-hydrogen) atoms. The van der Waals surface area contributed by atoms with E-state index in [4.69, 9.17) is 9.47 Å². The zero-order valence-electron chi connectivity index (χ0n) is 11.9. The van der Waals surface area contributed by atoms with Gasteiger partial charge in [0.2, 0.25) is 0 Å². The monoisotopic (exact) mass is 302 g/mol. The van der Waals surface area contributed by atoms with Crippen molar-refractivity contribution in [1.82, 2.24) is 4.98 Å². The third-order valence-electron chi connectivity index (χ3n) is 3.59. The SMILES string of the molecule is COc1ccc([N+](=O)[O-])c2cc(C(=O)OCC3CC3)cnc12. The van der Waals surface area contributed by atoms with Gasteiger partial charge in [0.05, 0.1) is 29.6 Å². The number of aromatic nitrogens is 1. The number of pyridine rings is 1. The quantitative estimate of drug-likeness (QED) is 0.479. The average Bonchev–Trinajstić information content (AvgIpc) is 3.35. The van der Waals surface area contributed by atoms with Crippen molar-refractivity contribution in [2.45, 2.75) is 12.8 Å². The zero-order valence-corrected chi connectivity index (χ0v) is 11.9. The molecule has 0 spiro atoms. The highest BCUT2D eigenvalue weighted by Gasteiger charge is 2.24. The minimum Gasteiger partial charge on any atom is -0.494 e. The van der Waals surface area contributed by atoms with E-state index in [2.05, 4.69) is 4.98 Å². The van der Waals surface area contributed by atoms with Crippen molar-refractivity contribution < 1.29 is 19.2 Å². The molecule has 0 aliphatic heterocycles. The van der Waals surface area contributed by atoms with Crippen molar-refractivity contribution in [2.75, 3.05) is 13.7 Å². The largest absolute Gasteiger partial charge is 0.494 e. The molecule has 2 aromatic rings. The number of nitro groups is 1. The molecule has 1 aliphatic rings. The number of non-ortho nitro benzene ring substituents is 1. The summed E-state index contributed by atoms with van der Waals surface area (Å²) in [5.41, 5.74) is 0.417. The van der Waals surface area contributed by atoms with Crippen LogP contribution >= 0.6 is 0 Å². The molecule has 1 heterocycles. The molecule has 7 nitrogen and oxygen atoms in total. The number of carbonyl (C=O) groups excluding carboxylic acids is 1. The lowest BCUT2D eigenvalue weighted by Crippen LogP contribution is -2.08. The summed E-state index contributed by atoms with van der Waals surface area (Å²) in [6.45, 7) is 0.386. The first-order valence-corrected chi connectivity index (χ1v) is 6.88. The number of hydrogen-bond acceptors (Lipinski definition) is 6. The maximum absolute atomic E-state index is 12.0. The molecule has 0 atom stereocenters. The second-order valence-corrected chi connectivity index (χ2v) is 5.21. The highest BCUT2D eigenvalue weighted by molar-refractivity contribution is 5.98. The van der Waals surface area contributed by atoms with E-state index in [0.29, 0.717) is 23.8 Å². The van der Waals surface area contributed by atoms with Gasteiger partial charge < -0.3 is 9.47 Å². The van der Waals surface area contributed by atoms with Gasteiger partial charge in [-0.05, 0) is 30.9 Å². The van der Waals surface area contributed by atoms with Gasteiger partial charge in [0, 0.05) is 12.3 Å². The lowest BCUT2D eigenvalue weighted by molar-refractivity contribution is -0.383. The fraction of sp³-hybridized carbons (Fsp3) is 0.333. The lowest BCUT2D eigenvalue weighted by atomic mass is 10.1. The molecule has 7 heteroatoms. The van der Waals surface area contributed by atoms with Gasteiger partial charge in [0.15, 0.2) is 0 Å². The number of carbonyl (C=O) groups is 1. The van der Waals surface area contributed by atoms with Crippen molar-refractivity contribution in [3.63, 3.8) is 0 Å². The number of nitrogens with zero attached hydrogens (tertiary/aromatic N) is 2. The fourth-order valence-corrected chi connectivity index (χ4v) is 2.18. The zero-order chi connectivity index (χ0) is 15.7. The van der Waals surface area contributed by atoms with Crippen molar-refractivity contribution in [1.29, 1.82) is 0 Å². The highest BCUT2D eigenvalue weighted by atomic mass is 16.6. The molecule has 1 aromatic heterocycles. The highest BCUT2D eigenvalue weighted by Crippen LogP contribution is 2.32. The van der Waals surface area contributed by atoms with Crippen LogP contribution in [0.5, 0.6) is 5.75 Å². The summed E-state index contributed by atoms with van der Waals surface area (Å²) in [6, 6.07) is 4.25. The van der Waals surface area contributed by atoms with E-state index in [0.717, 1.165) is 12.8 Å². The number of fused-ring (bicyclic) bond motifs is 1. The molecule has 1 saturated carbocycles. The van der Waals surface area contributed by atoms with Crippen molar-refractivity contribution in [2.24, 2.45) is 5.92 Å². The van der Waals surface area contributed by atoms with Gasteiger partial charge >= 0.3 is 5.97 Å². The van der Waals surface area contributed by atoms with Crippen LogP contribution in [-0.2, 0) is 4.74 Å². The number of methoxy groups -OCH3 is 1. The standard InChI is InChI=1S/C15H14N2O5/c1-21-13-5-4-12(17(19)20)11-6-10(7-16-14(11)13)15(18)22-8-9-2-3-9/h4-7,9H,2-3,8H2,1H3. The first-order chi connectivity index (χ1) is 10.6. The number of nitro benzene ring substituents is 1. The van der Waals surface area contributed by atoms with Crippen LogP contribution in [0.25, 0.3) is 10.9 Å². The first kappa shape index (κ1) is 14.2. The molecule has 0 unspecified atom stereocenters. The van der Waals surface area contributed by atoms with E-state index in [1.54, 1.807) is 0 Å². The molecule has 0 amide bonds. The molecule has 3 rings (SSSR count). The summed E-state index contributed by atoms with van der Waals surface area (Å²) >= 11 is 0. The normalized spacial score (nSPS) is 13.9. The van der Waals surface area contributed by atoms with Crippen molar-refractivity contribution in [3.05, 3.63) is 40.1 Å². The van der Waals surface area contributed by atoms with Gasteiger partial charge in [0.25, 0.3) is 5.69 Å². The van der Waals surface area contributed by atoms with Crippen LogP contribution in [0.15, 0.2) is 24.4 Å². The number of hydrogen-bond donors (Lipinski definition) is 0. The molecule has 1 fully saturated rings. The smallest absolute Gasteiger partial charge is 0.339 e. The van der Waals surface area contributed by atoms with E-state index in [-0.39, 0.29) is 16.6 Å². The van der Waals surface area contributed by atoms with Gasteiger partial charge in [-0.25, -0.2) is 4.79 Å². The molecule has 0 bridgehead atoms. The summed E-state index contributed by atoms with van der Waals surface area (Å²) < 4.78 is 10.3. The topological polar surface area (TPSA) is 91.6 Å². The van der Waals surface area contributed by atoms with Crippen LogP contribution in [0, 0.1) is 16.0 Å². The molecule has 0 N–H and O–H groups in total. The Morgan fingerprint density at radius 2 is 2.23 bits per heavy atom.